The molecule has 0 saturated heterocycles. The van der Waals surface area contributed by atoms with Gasteiger partial charge in [0.15, 0.2) is 0 Å². The molecule has 2 rings (SSSR count). The molecule has 0 unspecified atom stereocenters. The van der Waals surface area contributed by atoms with Gasteiger partial charge < -0.3 is 0 Å². The minimum absolute atomic E-state index is 0.571. The number of fused-ring (bicyclic) bond motifs is 1. The Morgan fingerprint density at radius 2 is 2.07 bits per heavy atom. The Labute approximate surface area is 98.1 Å². The first-order valence-corrected chi connectivity index (χ1v) is 5.95. The Kier molecular flexibility index (Phi) is 2.72. The van der Waals surface area contributed by atoms with E-state index in [4.69, 9.17) is 11.6 Å². The van der Waals surface area contributed by atoms with E-state index in [1.54, 1.807) is 0 Å². The molecule has 0 aliphatic heterocycles. The standard InChI is InChI=1S/C12H12BrCl/c1-7(2)9-3-4-10-11(9)5-8(14)6-12(10)13/h3,5-7H,4H2,1-2H3. The summed E-state index contributed by atoms with van der Waals surface area (Å²) in [6.45, 7) is 4.44. The predicted molar refractivity (Wildman–Crippen MR) is 65.7 cm³/mol. The summed E-state index contributed by atoms with van der Waals surface area (Å²) in [5, 5.41) is 0.809. The molecule has 0 N–H and O–H groups in total. The van der Waals surface area contributed by atoms with E-state index in [9.17, 15) is 0 Å². The van der Waals surface area contributed by atoms with Gasteiger partial charge in [-0.25, -0.2) is 0 Å². The molecule has 0 nitrogen and oxygen atoms in total. The van der Waals surface area contributed by atoms with Crippen molar-refractivity contribution < 1.29 is 0 Å². The molecule has 0 aromatic heterocycles. The van der Waals surface area contributed by atoms with Gasteiger partial charge in [0, 0.05) is 9.50 Å². The average Bonchev–Trinajstić information content (AvgIpc) is 2.47. The van der Waals surface area contributed by atoms with E-state index in [1.807, 2.05) is 6.07 Å². The Morgan fingerprint density at radius 3 is 2.71 bits per heavy atom. The third kappa shape index (κ3) is 1.64. The molecule has 0 radical (unpaired) electrons. The second-order valence-electron chi connectivity index (χ2n) is 3.93. The van der Waals surface area contributed by atoms with Crippen LogP contribution in [0.25, 0.3) is 5.57 Å². The van der Waals surface area contributed by atoms with Crippen LogP contribution in [0.2, 0.25) is 5.02 Å². The zero-order chi connectivity index (χ0) is 10.3. The molecule has 0 spiro atoms. The van der Waals surface area contributed by atoms with Crippen molar-refractivity contribution in [2.75, 3.05) is 0 Å². The first-order chi connectivity index (χ1) is 6.59. The number of allylic oxidation sites excluding steroid dienone is 2. The minimum Gasteiger partial charge on any atom is -0.0843 e. The van der Waals surface area contributed by atoms with Crippen molar-refractivity contribution >= 4 is 33.1 Å². The lowest BCUT2D eigenvalue weighted by Crippen LogP contribution is -1.92. The molecule has 74 valence electrons. The molecule has 14 heavy (non-hydrogen) atoms. The van der Waals surface area contributed by atoms with Crippen molar-refractivity contribution in [3.63, 3.8) is 0 Å². The van der Waals surface area contributed by atoms with Crippen LogP contribution in [-0.4, -0.2) is 0 Å². The molecule has 0 heterocycles. The summed E-state index contributed by atoms with van der Waals surface area (Å²) in [6.07, 6.45) is 3.33. The number of rotatable bonds is 1. The summed E-state index contributed by atoms with van der Waals surface area (Å²) in [7, 11) is 0. The summed E-state index contributed by atoms with van der Waals surface area (Å²) in [5.41, 5.74) is 4.11. The van der Waals surface area contributed by atoms with Crippen molar-refractivity contribution in [1.82, 2.24) is 0 Å². The fourth-order valence-corrected chi connectivity index (χ4v) is 2.91. The molecule has 1 aliphatic rings. The Hall–Kier alpha value is -0.270. The molecule has 1 aliphatic carbocycles. The van der Waals surface area contributed by atoms with E-state index in [1.165, 1.54) is 16.7 Å². The molecule has 0 atom stereocenters. The highest BCUT2D eigenvalue weighted by Gasteiger charge is 2.19. The maximum Gasteiger partial charge on any atom is 0.0423 e. The summed E-state index contributed by atoms with van der Waals surface area (Å²) in [6, 6.07) is 4.04. The quantitative estimate of drug-likeness (QED) is 0.694. The Morgan fingerprint density at radius 1 is 1.36 bits per heavy atom. The summed E-state index contributed by atoms with van der Waals surface area (Å²) in [4.78, 5) is 0. The monoisotopic (exact) mass is 270 g/mol. The SMILES string of the molecule is CC(C)C1=CCc2c(Br)cc(Cl)cc21. The Bertz CT molecular complexity index is 405. The van der Waals surface area contributed by atoms with Crippen LogP contribution in [0.4, 0.5) is 0 Å². The van der Waals surface area contributed by atoms with Gasteiger partial charge in [-0.15, -0.1) is 0 Å². The summed E-state index contributed by atoms with van der Waals surface area (Å²) >= 11 is 9.60. The number of halogens is 2. The van der Waals surface area contributed by atoms with Crippen molar-refractivity contribution in [3.8, 4) is 0 Å². The molecule has 0 bridgehead atoms. The van der Waals surface area contributed by atoms with Crippen LogP contribution >= 0.6 is 27.5 Å². The van der Waals surface area contributed by atoms with E-state index in [2.05, 4.69) is 41.9 Å². The van der Waals surface area contributed by atoms with Crippen molar-refractivity contribution in [1.29, 1.82) is 0 Å². The van der Waals surface area contributed by atoms with E-state index < -0.39 is 0 Å². The molecular weight excluding hydrogens is 259 g/mol. The number of benzene rings is 1. The zero-order valence-corrected chi connectivity index (χ0v) is 10.6. The fourth-order valence-electron chi connectivity index (χ4n) is 1.94. The molecule has 0 amide bonds. The van der Waals surface area contributed by atoms with Crippen LogP contribution in [-0.2, 0) is 6.42 Å². The molecule has 1 aromatic rings. The van der Waals surface area contributed by atoms with Crippen LogP contribution in [0.5, 0.6) is 0 Å². The third-order valence-electron chi connectivity index (χ3n) is 2.62. The van der Waals surface area contributed by atoms with Gasteiger partial charge in [0.05, 0.1) is 0 Å². The van der Waals surface area contributed by atoms with Gasteiger partial charge in [0.25, 0.3) is 0 Å². The third-order valence-corrected chi connectivity index (χ3v) is 3.55. The van der Waals surface area contributed by atoms with E-state index in [-0.39, 0.29) is 0 Å². The van der Waals surface area contributed by atoms with Crippen molar-refractivity contribution in [2.45, 2.75) is 20.3 Å². The maximum atomic E-state index is 6.04. The summed E-state index contributed by atoms with van der Waals surface area (Å²) in [5.74, 6) is 0.571. The molecule has 0 fully saturated rings. The molecule has 1 aromatic carbocycles. The Balaban J connectivity index is 2.55. The average molecular weight is 272 g/mol. The van der Waals surface area contributed by atoms with Gasteiger partial charge in [-0.2, -0.15) is 0 Å². The van der Waals surface area contributed by atoms with Crippen molar-refractivity contribution in [2.24, 2.45) is 5.92 Å². The second-order valence-corrected chi connectivity index (χ2v) is 5.22. The zero-order valence-electron chi connectivity index (χ0n) is 8.27. The van der Waals surface area contributed by atoms with E-state index >= 15 is 0 Å². The first-order valence-electron chi connectivity index (χ1n) is 4.78. The van der Waals surface area contributed by atoms with Crippen LogP contribution < -0.4 is 0 Å². The highest BCUT2D eigenvalue weighted by Crippen LogP contribution is 2.38. The van der Waals surface area contributed by atoms with Crippen molar-refractivity contribution in [3.05, 3.63) is 38.8 Å². The number of hydrogen-bond acceptors (Lipinski definition) is 0. The van der Waals surface area contributed by atoms with E-state index in [0.29, 0.717) is 5.92 Å². The highest BCUT2D eigenvalue weighted by atomic mass is 79.9. The smallest absolute Gasteiger partial charge is 0.0423 e. The number of hydrogen-bond donors (Lipinski definition) is 0. The van der Waals surface area contributed by atoms with Crippen LogP contribution in [0.3, 0.4) is 0 Å². The molecule has 2 heteroatoms. The highest BCUT2D eigenvalue weighted by molar-refractivity contribution is 9.10. The first kappa shape index (κ1) is 10.3. The lowest BCUT2D eigenvalue weighted by Gasteiger charge is -2.10. The van der Waals surface area contributed by atoms with E-state index in [0.717, 1.165) is 15.9 Å². The van der Waals surface area contributed by atoms with Crippen LogP contribution in [0.15, 0.2) is 22.7 Å². The maximum absolute atomic E-state index is 6.04. The minimum atomic E-state index is 0.571. The van der Waals surface area contributed by atoms with Crippen LogP contribution in [0, 0.1) is 5.92 Å². The van der Waals surface area contributed by atoms with Crippen LogP contribution in [0.1, 0.15) is 25.0 Å². The topological polar surface area (TPSA) is 0 Å². The van der Waals surface area contributed by atoms with Gasteiger partial charge in [-0.1, -0.05) is 47.5 Å². The second kappa shape index (κ2) is 3.71. The summed E-state index contributed by atoms with van der Waals surface area (Å²) < 4.78 is 1.13. The van der Waals surface area contributed by atoms with Gasteiger partial charge in [0.2, 0.25) is 0 Å². The normalized spacial score (nSPS) is 14.5. The van der Waals surface area contributed by atoms with Gasteiger partial charge in [-0.3, -0.25) is 0 Å². The fraction of sp³-hybridized carbons (Fsp3) is 0.333. The lowest BCUT2D eigenvalue weighted by atomic mass is 9.97. The largest absolute Gasteiger partial charge is 0.0843 e. The van der Waals surface area contributed by atoms with Gasteiger partial charge in [0.1, 0.15) is 0 Å². The molecule has 0 saturated carbocycles. The predicted octanol–water partition coefficient (Wildman–Crippen LogP) is 4.70. The molecular formula is C12H12BrCl. The lowest BCUT2D eigenvalue weighted by molar-refractivity contribution is 0.857. The van der Waals surface area contributed by atoms with Gasteiger partial charge >= 0.3 is 0 Å². The van der Waals surface area contributed by atoms with Gasteiger partial charge in [-0.05, 0) is 41.2 Å².